The lowest BCUT2D eigenvalue weighted by atomic mass is 9.79. The van der Waals surface area contributed by atoms with Crippen LogP contribution in [0.2, 0.25) is 0 Å². The first-order valence-corrected chi connectivity index (χ1v) is 24.1. The van der Waals surface area contributed by atoms with Gasteiger partial charge in [0.15, 0.2) is 0 Å². The zero-order valence-electron chi connectivity index (χ0n) is 41.0. The fraction of sp³-hybridized carbons (Fsp3) is 0.242. The smallest absolute Gasteiger partial charge is 0.00204 e. The van der Waals surface area contributed by atoms with Gasteiger partial charge in [0, 0.05) is 0 Å². The summed E-state index contributed by atoms with van der Waals surface area (Å²) in [5.41, 5.74) is 15.7. The molecule has 0 spiro atoms. The third-order valence-corrected chi connectivity index (χ3v) is 14.7. The van der Waals surface area contributed by atoms with Crippen molar-refractivity contribution < 1.29 is 0 Å². The Morgan fingerprint density at radius 2 is 0.439 bits per heavy atom. The fourth-order valence-corrected chi connectivity index (χ4v) is 10.6. The average molecular weight is 855 g/mol. The first-order chi connectivity index (χ1) is 31.2. The molecular weight excluding hydrogens is 793 g/mol. The first kappa shape index (κ1) is 42.2. The third-order valence-electron chi connectivity index (χ3n) is 14.7. The molecule has 0 heterocycles. The van der Waals surface area contributed by atoms with E-state index in [1.165, 1.54) is 131 Å². The van der Waals surface area contributed by atoms with E-state index in [0.717, 1.165) is 0 Å². The summed E-state index contributed by atoms with van der Waals surface area (Å²) in [6.45, 7) is 27.8. The van der Waals surface area contributed by atoms with Gasteiger partial charge in [0.1, 0.15) is 0 Å². The second-order valence-corrected chi connectivity index (χ2v) is 23.6. The van der Waals surface area contributed by atoms with Crippen LogP contribution in [0.4, 0.5) is 0 Å². The Kier molecular flexibility index (Phi) is 9.26. The van der Waals surface area contributed by atoms with Gasteiger partial charge in [-0.2, -0.15) is 0 Å². The highest BCUT2D eigenvalue weighted by atomic mass is 14.3. The molecule has 0 heteroatoms. The Morgan fingerprint density at radius 1 is 0.212 bits per heavy atom. The van der Waals surface area contributed by atoms with Gasteiger partial charge in [0.05, 0.1) is 0 Å². The maximum Gasteiger partial charge on any atom is -0.00204 e. The van der Waals surface area contributed by atoms with Crippen molar-refractivity contribution in [3.8, 4) is 44.5 Å². The molecule has 0 atom stereocenters. The van der Waals surface area contributed by atoms with Crippen molar-refractivity contribution in [1.29, 1.82) is 0 Å². The van der Waals surface area contributed by atoms with E-state index in [1.54, 1.807) is 0 Å². The molecule has 326 valence electrons. The van der Waals surface area contributed by atoms with Gasteiger partial charge in [0.25, 0.3) is 0 Å². The molecule has 0 radical (unpaired) electrons. The van der Waals surface area contributed by atoms with Crippen LogP contribution in [0.1, 0.15) is 105 Å². The van der Waals surface area contributed by atoms with Gasteiger partial charge in [-0.1, -0.05) is 217 Å². The van der Waals surface area contributed by atoms with Crippen LogP contribution in [-0.2, 0) is 21.7 Å². The number of benzene rings is 11. The van der Waals surface area contributed by atoms with Gasteiger partial charge in [-0.25, -0.2) is 0 Å². The Hall–Kier alpha value is -6.50. The topological polar surface area (TPSA) is 0 Å². The lowest BCUT2D eigenvalue weighted by Crippen LogP contribution is -2.12. The van der Waals surface area contributed by atoms with Crippen LogP contribution in [0.3, 0.4) is 0 Å². The van der Waals surface area contributed by atoms with Crippen LogP contribution in [0.5, 0.6) is 0 Å². The minimum Gasteiger partial charge on any atom is -0.0561 e. The number of hydrogen-bond donors (Lipinski definition) is 0. The highest BCUT2D eigenvalue weighted by Gasteiger charge is 2.24. The van der Waals surface area contributed by atoms with Crippen molar-refractivity contribution in [2.24, 2.45) is 0 Å². The normalized spacial score (nSPS) is 13.2. The third kappa shape index (κ3) is 7.04. The molecule has 0 fully saturated rings. The monoisotopic (exact) mass is 854 g/mol. The van der Waals surface area contributed by atoms with Crippen LogP contribution in [0, 0.1) is 0 Å². The molecular formula is C66H62. The molecule has 0 amide bonds. The predicted octanol–water partition coefficient (Wildman–Crippen LogP) is 19.3. The maximum absolute atomic E-state index is 2.46. The van der Waals surface area contributed by atoms with Crippen LogP contribution >= 0.6 is 0 Å². The summed E-state index contributed by atoms with van der Waals surface area (Å²) >= 11 is 0. The fourth-order valence-electron chi connectivity index (χ4n) is 10.6. The zero-order valence-corrected chi connectivity index (χ0v) is 41.0. The van der Waals surface area contributed by atoms with Crippen molar-refractivity contribution in [2.75, 3.05) is 0 Å². The summed E-state index contributed by atoms with van der Waals surface area (Å²) in [4.78, 5) is 0. The summed E-state index contributed by atoms with van der Waals surface area (Å²) in [7, 11) is 0. The Morgan fingerprint density at radius 3 is 0.712 bits per heavy atom. The van der Waals surface area contributed by atoms with Gasteiger partial charge in [0.2, 0.25) is 0 Å². The van der Waals surface area contributed by atoms with E-state index in [2.05, 4.69) is 241 Å². The van der Waals surface area contributed by atoms with Gasteiger partial charge < -0.3 is 0 Å². The molecule has 0 saturated heterocycles. The van der Waals surface area contributed by atoms with Gasteiger partial charge >= 0.3 is 0 Å². The summed E-state index contributed by atoms with van der Waals surface area (Å²) < 4.78 is 0. The molecule has 11 aromatic rings. The molecule has 0 aliphatic carbocycles. The van der Waals surface area contributed by atoms with Crippen molar-refractivity contribution in [1.82, 2.24) is 0 Å². The Balaban J connectivity index is 0.943. The minimum absolute atomic E-state index is 0.0387. The molecule has 66 heavy (non-hydrogen) atoms. The quantitative estimate of drug-likeness (QED) is 0.155. The van der Waals surface area contributed by atoms with Gasteiger partial charge in [-0.3, -0.25) is 0 Å². The molecule has 0 nitrogen and oxygen atoms in total. The molecule has 0 aliphatic heterocycles. The summed E-state index contributed by atoms with van der Waals surface area (Å²) in [6.07, 6.45) is 0. The van der Waals surface area contributed by atoms with Crippen LogP contribution in [0.25, 0.3) is 109 Å². The number of rotatable bonds is 4. The Labute approximate surface area is 392 Å². The van der Waals surface area contributed by atoms with Crippen LogP contribution in [0.15, 0.2) is 158 Å². The summed E-state index contributed by atoms with van der Waals surface area (Å²) in [5.74, 6) is 0. The van der Waals surface area contributed by atoms with E-state index in [4.69, 9.17) is 0 Å². The molecule has 0 saturated carbocycles. The maximum atomic E-state index is 2.46. The van der Waals surface area contributed by atoms with Crippen molar-refractivity contribution >= 4 is 64.6 Å². The highest BCUT2D eigenvalue weighted by molar-refractivity contribution is 6.28. The standard InChI is InChI=1S/C66H62/c1-63(2,3)51-29-45-25-27-47-31-53(65(7,8)9)37-57-55(35-49(33-51)59(45)61(47)57)43-21-17-41(18-22-43)39-13-15-40(16-14-39)42-19-23-44(24-20-42)56-36-50-34-52(64(4,5)6)30-46-26-28-48-32-54(66(10,11)12)38-58(56)62(48)60(46)50/h13-38H,1-12H3. The van der Waals surface area contributed by atoms with Crippen molar-refractivity contribution in [2.45, 2.75) is 105 Å². The number of hydrogen-bond acceptors (Lipinski definition) is 0. The molecule has 0 N–H and O–H groups in total. The average Bonchev–Trinajstić information content (AvgIpc) is 3.28. The molecule has 0 aliphatic rings. The second-order valence-electron chi connectivity index (χ2n) is 23.6. The lowest BCUT2D eigenvalue weighted by molar-refractivity contribution is 0.591. The van der Waals surface area contributed by atoms with Crippen molar-refractivity contribution in [3.05, 3.63) is 180 Å². The molecule has 0 unspecified atom stereocenters. The largest absolute Gasteiger partial charge is 0.0561 e. The molecule has 0 bridgehead atoms. The van der Waals surface area contributed by atoms with E-state index in [0.29, 0.717) is 0 Å². The van der Waals surface area contributed by atoms with Crippen LogP contribution in [-0.4, -0.2) is 0 Å². The lowest BCUT2D eigenvalue weighted by Gasteiger charge is -2.25. The first-order valence-electron chi connectivity index (χ1n) is 24.1. The zero-order chi connectivity index (χ0) is 46.2. The molecule has 0 aromatic heterocycles. The molecule has 11 rings (SSSR count). The van der Waals surface area contributed by atoms with Crippen molar-refractivity contribution in [3.63, 3.8) is 0 Å². The Bertz CT molecular complexity index is 3410. The second kappa shape index (κ2) is 14.5. The van der Waals surface area contributed by atoms with Gasteiger partial charge in [-0.15, -0.1) is 0 Å². The van der Waals surface area contributed by atoms with Gasteiger partial charge in [-0.05, 0) is 177 Å². The minimum atomic E-state index is 0.0387. The van der Waals surface area contributed by atoms with E-state index in [-0.39, 0.29) is 21.7 Å². The SMILES string of the molecule is CC(C)(C)c1cc2ccc3cc(C(C)(C)C)cc4c(-c5ccc(-c6ccc(-c7ccc(-c8cc9cc(C(C)(C)C)cc%10ccc%11cc(C(C)(C)C)cc8c%11c%109)cc7)cc6)cc5)cc(c1)c2c34. The van der Waals surface area contributed by atoms with E-state index >= 15 is 0 Å². The highest BCUT2D eigenvalue weighted by Crippen LogP contribution is 2.46. The summed E-state index contributed by atoms with van der Waals surface area (Å²) in [5, 5.41) is 16.1. The molecule has 11 aromatic carbocycles. The summed E-state index contributed by atoms with van der Waals surface area (Å²) in [6, 6.07) is 61.4. The van der Waals surface area contributed by atoms with E-state index in [1.807, 2.05) is 0 Å². The van der Waals surface area contributed by atoms with Crippen LogP contribution < -0.4 is 0 Å². The van der Waals surface area contributed by atoms with E-state index < -0.39 is 0 Å². The predicted molar refractivity (Wildman–Crippen MR) is 290 cm³/mol. The van der Waals surface area contributed by atoms with E-state index in [9.17, 15) is 0 Å².